The number of halogens is 2. The van der Waals surface area contributed by atoms with E-state index in [1.54, 1.807) is 18.3 Å². The van der Waals surface area contributed by atoms with Gasteiger partial charge >= 0.3 is 0 Å². The van der Waals surface area contributed by atoms with Crippen LogP contribution >= 0.6 is 35.4 Å². The van der Waals surface area contributed by atoms with Crippen molar-refractivity contribution >= 4 is 46.2 Å². The fourth-order valence-corrected chi connectivity index (χ4v) is 4.59. The summed E-state index contributed by atoms with van der Waals surface area (Å²) < 4.78 is 6.35. The largest absolute Gasteiger partial charge is 0.459 e. The number of nitrogens with zero attached hydrogens (tertiary/aromatic N) is 2. The van der Waals surface area contributed by atoms with Gasteiger partial charge in [-0.2, -0.15) is 0 Å². The van der Waals surface area contributed by atoms with Crippen LogP contribution in [0.2, 0.25) is 10.0 Å². The average molecular weight is 480 g/mol. The molecule has 160 valence electrons. The van der Waals surface area contributed by atoms with Gasteiger partial charge in [-0.15, -0.1) is 0 Å². The lowest BCUT2D eigenvalue weighted by Gasteiger charge is -2.26. The van der Waals surface area contributed by atoms with Crippen molar-refractivity contribution in [1.29, 1.82) is 0 Å². The van der Waals surface area contributed by atoms with Gasteiger partial charge in [0.05, 0.1) is 21.8 Å². The molecule has 2 atom stereocenters. The van der Waals surface area contributed by atoms with E-state index in [4.69, 9.17) is 39.8 Å². The van der Waals surface area contributed by atoms with E-state index >= 15 is 0 Å². The maximum atomic E-state index is 6.35. The summed E-state index contributed by atoms with van der Waals surface area (Å²) in [6.45, 7) is 2.06. The molecule has 0 radical (unpaired) electrons. The predicted molar refractivity (Wildman–Crippen MR) is 133 cm³/mol. The van der Waals surface area contributed by atoms with Crippen molar-refractivity contribution in [3.8, 4) is 11.3 Å². The van der Waals surface area contributed by atoms with Gasteiger partial charge in [0.25, 0.3) is 0 Å². The first-order chi connectivity index (χ1) is 15.5. The maximum absolute atomic E-state index is 6.35. The normalized spacial score (nSPS) is 18.1. The number of hydrogen-bond donors (Lipinski definition) is 1. The summed E-state index contributed by atoms with van der Waals surface area (Å²) in [7, 11) is 0. The molecule has 0 amide bonds. The molecule has 0 bridgehead atoms. The lowest BCUT2D eigenvalue weighted by molar-refractivity contribution is 0.439. The number of furan rings is 1. The lowest BCUT2D eigenvalue weighted by atomic mass is 10.0. The van der Waals surface area contributed by atoms with Crippen LogP contribution in [0.1, 0.15) is 29.1 Å². The van der Waals surface area contributed by atoms with E-state index in [1.165, 1.54) is 5.56 Å². The zero-order valence-corrected chi connectivity index (χ0v) is 19.5. The Morgan fingerprint density at radius 2 is 1.78 bits per heavy atom. The standard InChI is InChI=1S/C25H19Cl2N3OS/c1-15-5-8-17(9-6-15)30-24(23(29-25(30)32)20-4-2-3-13-28-20)22-12-11-21(31-22)16-7-10-18(26)19(27)14-16/h2-14,23-24H,1H3,(H,29,32)/t23-,24+/m1/s1. The van der Waals surface area contributed by atoms with Gasteiger partial charge in [0.1, 0.15) is 17.6 Å². The molecule has 5 rings (SSSR count). The minimum absolute atomic E-state index is 0.169. The number of aromatic nitrogens is 1. The van der Waals surface area contributed by atoms with Crippen molar-refractivity contribution in [1.82, 2.24) is 10.3 Å². The fourth-order valence-electron chi connectivity index (χ4n) is 3.94. The van der Waals surface area contributed by atoms with Crippen LogP contribution in [0, 0.1) is 6.92 Å². The van der Waals surface area contributed by atoms with Gasteiger partial charge in [-0.3, -0.25) is 4.98 Å². The minimum atomic E-state index is -0.211. The van der Waals surface area contributed by atoms with Crippen LogP contribution in [0.3, 0.4) is 0 Å². The molecule has 0 saturated carbocycles. The number of thiocarbonyl (C=S) groups is 1. The maximum Gasteiger partial charge on any atom is 0.174 e. The first-order valence-electron chi connectivity index (χ1n) is 10.1. The highest BCUT2D eigenvalue weighted by molar-refractivity contribution is 7.80. The Bertz CT molecular complexity index is 1270. The third kappa shape index (κ3) is 3.88. The molecule has 4 aromatic rings. The van der Waals surface area contributed by atoms with E-state index in [-0.39, 0.29) is 12.1 Å². The molecule has 2 aromatic heterocycles. The number of anilines is 1. The van der Waals surface area contributed by atoms with Gasteiger partial charge < -0.3 is 14.6 Å². The second-order valence-corrected chi connectivity index (χ2v) is 8.86. The number of nitrogens with one attached hydrogen (secondary N) is 1. The minimum Gasteiger partial charge on any atom is -0.459 e. The Morgan fingerprint density at radius 3 is 2.50 bits per heavy atom. The average Bonchev–Trinajstić information content (AvgIpc) is 3.41. The summed E-state index contributed by atoms with van der Waals surface area (Å²) in [5.74, 6) is 1.48. The van der Waals surface area contributed by atoms with Crippen LogP contribution < -0.4 is 10.2 Å². The summed E-state index contributed by atoms with van der Waals surface area (Å²) in [5, 5.41) is 5.06. The van der Waals surface area contributed by atoms with Gasteiger partial charge in [-0.25, -0.2) is 0 Å². The van der Waals surface area contributed by atoms with E-state index in [9.17, 15) is 0 Å². The predicted octanol–water partition coefficient (Wildman–Crippen LogP) is 7.13. The quantitative estimate of drug-likeness (QED) is 0.315. The molecule has 3 heterocycles. The SMILES string of the molecule is Cc1ccc(N2C(=S)N[C@H](c3ccccn3)[C@@H]2c2ccc(-c3ccc(Cl)c(Cl)c3)o2)cc1. The van der Waals surface area contributed by atoms with E-state index in [0.717, 1.165) is 22.7 Å². The van der Waals surface area contributed by atoms with Crippen LogP contribution in [0.5, 0.6) is 0 Å². The van der Waals surface area contributed by atoms with Crippen LogP contribution in [0.15, 0.2) is 83.4 Å². The number of aryl methyl sites for hydroxylation is 1. The molecule has 2 aromatic carbocycles. The molecular formula is C25H19Cl2N3OS. The third-order valence-corrected chi connectivity index (χ3v) is 6.59. The zero-order chi connectivity index (χ0) is 22.2. The summed E-state index contributed by atoms with van der Waals surface area (Å²) >= 11 is 18.1. The lowest BCUT2D eigenvalue weighted by Crippen LogP contribution is -2.29. The molecule has 0 aliphatic carbocycles. The number of benzene rings is 2. The monoisotopic (exact) mass is 479 g/mol. The summed E-state index contributed by atoms with van der Waals surface area (Å²) in [4.78, 5) is 6.67. The van der Waals surface area contributed by atoms with E-state index in [1.807, 2.05) is 36.4 Å². The third-order valence-electron chi connectivity index (χ3n) is 5.53. The molecule has 1 aliphatic rings. The Morgan fingerprint density at radius 1 is 0.969 bits per heavy atom. The van der Waals surface area contributed by atoms with Crippen LogP contribution in [0.4, 0.5) is 5.69 Å². The van der Waals surface area contributed by atoms with Gasteiger partial charge in [-0.1, -0.05) is 47.0 Å². The Kier molecular flexibility index (Phi) is 5.64. The number of rotatable bonds is 4. The van der Waals surface area contributed by atoms with Gasteiger partial charge in [0.2, 0.25) is 0 Å². The molecular weight excluding hydrogens is 461 g/mol. The van der Waals surface area contributed by atoms with Crippen molar-refractivity contribution in [3.05, 3.63) is 106 Å². The molecule has 0 spiro atoms. The molecule has 1 N–H and O–H groups in total. The smallest absolute Gasteiger partial charge is 0.174 e. The van der Waals surface area contributed by atoms with Gasteiger partial charge in [-0.05, 0) is 73.7 Å². The summed E-state index contributed by atoms with van der Waals surface area (Å²) in [6.07, 6.45) is 1.79. The molecule has 1 saturated heterocycles. The number of hydrogen-bond acceptors (Lipinski definition) is 3. The van der Waals surface area contributed by atoms with Crippen LogP contribution in [0.25, 0.3) is 11.3 Å². The zero-order valence-electron chi connectivity index (χ0n) is 17.1. The Hall–Kier alpha value is -2.86. The van der Waals surface area contributed by atoms with Crippen molar-refractivity contribution in [2.75, 3.05) is 4.90 Å². The highest BCUT2D eigenvalue weighted by Gasteiger charge is 2.42. The second-order valence-electron chi connectivity index (χ2n) is 7.66. The van der Waals surface area contributed by atoms with Crippen molar-refractivity contribution in [3.63, 3.8) is 0 Å². The van der Waals surface area contributed by atoms with Crippen LogP contribution in [-0.2, 0) is 0 Å². The summed E-state index contributed by atoms with van der Waals surface area (Å²) in [5.41, 5.74) is 3.92. The van der Waals surface area contributed by atoms with Gasteiger partial charge in [0, 0.05) is 17.4 Å². The Labute approximate surface area is 201 Å². The van der Waals surface area contributed by atoms with Crippen molar-refractivity contribution < 1.29 is 4.42 Å². The number of pyridine rings is 1. The molecule has 32 heavy (non-hydrogen) atoms. The first kappa shape index (κ1) is 21.0. The van der Waals surface area contributed by atoms with E-state index in [0.29, 0.717) is 20.9 Å². The highest BCUT2D eigenvalue weighted by Crippen LogP contribution is 2.43. The van der Waals surface area contributed by atoms with Crippen molar-refractivity contribution in [2.45, 2.75) is 19.0 Å². The molecule has 4 nitrogen and oxygen atoms in total. The second kappa shape index (κ2) is 8.58. The van der Waals surface area contributed by atoms with Crippen LogP contribution in [-0.4, -0.2) is 10.1 Å². The van der Waals surface area contributed by atoms with E-state index < -0.39 is 0 Å². The van der Waals surface area contributed by atoms with E-state index in [2.05, 4.69) is 46.4 Å². The fraction of sp³-hybridized carbons (Fsp3) is 0.120. The highest BCUT2D eigenvalue weighted by atomic mass is 35.5. The molecule has 0 unspecified atom stereocenters. The molecule has 1 fully saturated rings. The topological polar surface area (TPSA) is 41.3 Å². The van der Waals surface area contributed by atoms with Gasteiger partial charge in [0.15, 0.2) is 5.11 Å². The molecule has 7 heteroatoms. The Balaban J connectivity index is 1.59. The first-order valence-corrected chi connectivity index (χ1v) is 11.3. The molecule has 1 aliphatic heterocycles. The summed E-state index contributed by atoms with van der Waals surface area (Å²) in [6, 6.07) is 23.2. The van der Waals surface area contributed by atoms with Crippen molar-refractivity contribution in [2.24, 2.45) is 0 Å².